The number of likely N-dealkylation sites (tertiary alicyclic amines) is 1. The molecule has 0 radical (unpaired) electrons. The predicted molar refractivity (Wildman–Crippen MR) is 80.3 cm³/mol. The molecule has 1 unspecified atom stereocenters. The van der Waals surface area contributed by atoms with E-state index in [4.69, 9.17) is 0 Å². The Balaban J connectivity index is 2.16. The van der Waals surface area contributed by atoms with Crippen LogP contribution in [0.5, 0.6) is 0 Å². The Hall–Kier alpha value is -0.610. The molecule has 2 N–H and O–H groups in total. The molecule has 0 spiro atoms. The highest BCUT2D eigenvalue weighted by atomic mass is 16.2. The summed E-state index contributed by atoms with van der Waals surface area (Å²) in [7, 11) is 0. The van der Waals surface area contributed by atoms with Crippen LogP contribution in [0.4, 0.5) is 0 Å². The van der Waals surface area contributed by atoms with Gasteiger partial charge < -0.3 is 10.6 Å². The molecule has 1 rings (SSSR count). The second kappa shape index (κ2) is 9.32. The van der Waals surface area contributed by atoms with Crippen LogP contribution < -0.4 is 10.6 Å². The minimum absolute atomic E-state index is 0.181. The first-order valence-corrected chi connectivity index (χ1v) is 7.90. The summed E-state index contributed by atoms with van der Waals surface area (Å²) in [5, 5.41) is 6.64. The van der Waals surface area contributed by atoms with E-state index < -0.39 is 0 Å². The van der Waals surface area contributed by atoms with E-state index in [1.165, 1.54) is 6.42 Å². The van der Waals surface area contributed by atoms with Crippen molar-refractivity contribution in [2.75, 3.05) is 26.2 Å². The SMILES string of the molecule is CCCNC1CCN(CC(=O)NC(C)CCC)CC1. The molecule has 1 aliphatic heterocycles. The second-order valence-corrected chi connectivity index (χ2v) is 5.76. The van der Waals surface area contributed by atoms with Gasteiger partial charge in [-0.1, -0.05) is 20.3 Å². The maximum atomic E-state index is 11.9. The lowest BCUT2D eigenvalue weighted by Gasteiger charge is -2.32. The Bertz CT molecular complexity index is 250. The molecule has 0 bridgehead atoms. The zero-order valence-corrected chi connectivity index (χ0v) is 12.9. The number of rotatable bonds is 8. The molecular weight excluding hydrogens is 238 g/mol. The van der Waals surface area contributed by atoms with Crippen molar-refractivity contribution in [2.24, 2.45) is 0 Å². The fourth-order valence-corrected chi connectivity index (χ4v) is 2.67. The van der Waals surface area contributed by atoms with Crippen LogP contribution in [0.25, 0.3) is 0 Å². The summed E-state index contributed by atoms with van der Waals surface area (Å²) in [6.45, 7) is 10.2. The maximum absolute atomic E-state index is 11.9. The van der Waals surface area contributed by atoms with Crippen LogP contribution >= 0.6 is 0 Å². The van der Waals surface area contributed by atoms with Crippen molar-refractivity contribution in [1.82, 2.24) is 15.5 Å². The Labute approximate surface area is 118 Å². The Morgan fingerprint density at radius 2 is 1.95 bits per heavy atom. The molecule has 0 aromatic rings. The van der Waals surface area contributed by atoms with Crippen LogP contribution in [0.3, 0.4) is 0 Å². The molecule has 0 aromatic carbocycles. The van der Waals surface area contributed by atoms with E-state index in [-0.39, 0.29) is 5.91 Å². The van der Waals surface area contributed by atoms with Crippen LogP contribution in [0.2, 0.25) is 0 Å². The lowest BCUT2D eigenvalue weighted by atomic mass is 10.0. The van der Waals surface area contributed by atoms with Crippen molar-refractivity contribution in [2.45, 2.75) is 65.0 Å². The monoisotopic (exact) mass is 269 g/mol. The number of piperidine rings is 1. The average molecular weight is 269 g/mol. The van der Waals surface area contributed by atoms with Crippen molar-refractivity contribution >= 4 is 5.91 Å². The van der Waals surface area contributed by atoms with Gasteiger partial charge in [0.2, 0.25) is 5.91 Å². The van der Waals surface area contributed by atoms with Crippen molar-refractivity contribution < 1.29 is 4.79 Å². The molecule has 1 aliphatic rings. The third-order valence-electron chi connectivity index (χ3n) is 3.77. The van der Waals surface area contributed by atoms with Crippen molar-refractivity contribution in [1.29, 1.82) is 0 Å². The van der Waals surface area contributed by atoms with E-state index in [1.807, 2.05) is 0 Å². The van der Waals surface area contributed by atoms with Crippen molar-refractivity contribution in [3.05, 3.63) is 0 Å². The molecule has 112 valence electrons. The highest BCUT2D eigenvalue weighted by Crippen LogP contribution is 2.09. The zero-order chi connectivity index (χ0) is 14.1. The molecule has 1 atom stereocenters. The molecule has 0 aromatic heterocycles. The van der Waals surface area contributed by atoms with E-state index in [0.717, 1.165) is 45.3 Å². The summed E-state index contributed by atoms with van der Waals surface area (Å²) in [5.74, 6) is 0.181. The first-order valence-electron chi connectivity index (χ1n) is 7.90. The van der Waals surface area contributed by atoms with Gasteiger partial charge in [0, 0.05) is 25.2 Å². The van der Waals surface area contributed by atoms with Gasteiger partial charge in [-0.15, -0.1) is 0 Å². The number of nitrogens with zero attached hydrogens (tertiary/aromatic N) is 1. The number of carbonyl (C=O) groups is 1. The predicted octanol–water partition coefficient (Wildman–Crippen LogP) is 1.76. The van der Waals surface area contributed by atoms with Gasteiger partial charge in [-0.05, 0) is 39.2 Å². The molecular formula is C15H31N3O. The van der Waals surface area contributed by atoms with Crippen molar-refractivity contribution in [3.8, 4) is 0 Å². The summed E-state index contributed by atoms with van der Waals surface area (Å²) in [4.78, 5) is 14.2. The second-order valence-electron chi connectivity index (χ2n) is 5.76. The van der Waals surface area contributed by atoms with Gasteiger partial charge >= 0.3 is 0 Å². The molecule has 1 fully saturated rings. The summed E-state index contributed by atoms with van der Waals surface area (Å²) in [6.07, 6.45) is 5.71. The van der Waals surface area contributed by atoms with Crippen LogP contribution in [0, 0.1) is 0 Å². The van der Waals surface area contributed by atoms with Gasteiger partial charge in [0.15, 0.2) is 0 Å². The first kappa shape index (κ1) is 16.4. The van der Waals surface area contributed by atoms with E-state index in [1.54, 1.807) is 0 Å². The first-order chi connectivity index (χ1) is 9.15. The fourth-order valence-electron chi connectivity index (χ4n) is 2.67. The maximum Gasteiger partial charge on any atom is 0.234 e. The molecule has 1 amide bonds. The summed E-state index contributed by atoms with van der Waals surface area (Å²) >= 11 is 0. The zero-order valence-electron chi connectivity index (χ0n) is 12.9. The number of nitrogens with one attached hydrogen (secondary N) is 2. The van der Waals surface area contributed by atoms with Gasteiger partial charge in [-0.25, -0.2) is 0 Å². The number of hydrogen-bond acceptors (Lipinski definition) is 3. The quantitative estimate of drug-likeness (QED) is 0.706. The lowest BCUT2D eigenvalue weighted by Crippen LogP contribution is -2.47. The van der Waals surface area contributed by atoms with Crippen LogP contribution in [0.15, 0.2) is 0 Å². The Morgan fingerprint density at radius 3 is 2.53 bits per heavy atom. The third kappa shape index (κ3) is 6.92. The summed E-state index contributed by atoms with van der Waals surface area (Å²) < 4.78 is 0. The molecule has 19 heavy (non-hydrogen) atoms. The minimum Gasteiger partial charge on any atom is -0.353 e. The smallest absolute Gasteiger partial charge is 0.234 e. The minimum atomic E-state index is 0.181. The van der Waals surface area contributed by atoms with E-state index in [9.17, 15) is 4.79 Å². The fraction of sp³-hybridized carbons (Fsp3) is 0.933. The largest absolute Gasteiger partial charge is 0.353 e. The number of hydrogen-bond donors (Lipinski definition) is 2. The molecule has 0 saturated carbocycles. The molecule has 0 aliphatic carbocycles. The standard InChI is InChI=1S/C15H31N3O/c1-4-6-13(3)17-15(19)12-18-10-7-14(8-11-18)16-9-5-2/h13-14,16H,4-12H2,1-3H3,(H,17,19). The van der Waals surface area contributed by atoms with E-state index in [0.29, 0.717) is 18.6 Å². The average Bonchev–Trinajstić information content (AvgIpc) is 2.38. The molecule has 4 nitrogen and oxygen atoms in total. The normalized spacial score (nSPS) is 19.3. The van der Waals surface area contributed by atoms with E-state index in [2.05, 4.69) is 36.3 Å². The highest BCUT2D eigenvalue weighted by molar-refractivity contribution is 5.78. The van der Waals surface area contributed by atoms with Gasteiger partial charge in [0.25, 0.3) is 0 Å². The van der Waals surface area contributed by atoms with Gasteiger partial charge in [0.05, 0.1) is 6.54 Å². The van der Waals surface area contributed by atoms with Crippen molar-refractivity contribution in [3.63, 3.8) is 0 Å². The number of carbonyl (C=O) groups excluding carboxylic acids is 1. The van der Waals surface area contributed by atoms with Gasteiger partial charge in [-0.2, -0.15) is 0 Å². The highest BCUT2D eigenvalue weighted by Gasteiger charge is 2.20. The summed E-state index contributed by atoms with van der Waals surface area (Å²) in [6, 6.07) is 0.958. The lowest BCUT2D eigenvalue weighted by molar-refractivity contribution is -0.123. The molecule has 4 heteroatoms. The summed E-state index contributed by atoms with van der Waals surface area (Å²) in [5.41, 5.74) is 0. The van der Waals surface area contributed by atoms with Gasteiger partial charge in [-0.3, -0.25) is 9.69 Å². The van der Waals surface area contributed by atoms with Crippen LogP contribution in [0.1, 0.15) is 52.9 Å². The third-order valence-corrected chi connectivity index (χ3v) is 3.77. The van der Waals surface area contributed by atoms with E-state index >= 15 is 0 Å². The van der Waals surface area contributed by atoms with Gasteiger partial charge in [0.1, 0.15) is 0 Å². The Kier molecular flexibility index (Phi) is 8.07. The van der Waals surface area contributed by atoms with Crippen LogP contribution in [-0.4, -0.2) is 49.1 Å². The number of amides is 1. The topological polar surface area (TPSA) is 44.4 Å². The molecule has 1 heterocycles. The Morgan fingerprint density at radius 1 is 1.26 bits per heavy atom. The van der Waals surface area contributed by atoms with Crippen LogP contribution in [-0.2, 0) is 4.79 Å². The molecule has 1 saturated heterocycles.